The molecule has 2 aromatic carbocycles. The highest BCUT2D eigenvalue weighted by Crippen LogP contribution is 2.23. The van der Waals surface area contributed by atoms with Gasteiger partial charge in [0.05, 0.1) is 24.0 Å². The Labute approximate surface area is 128 Å². The predicted molar refractivity (Wildman–Crippen MR) is 83.3 cm³/mol. The van der Waals surface area contributed by atoms with Gasteiger partial charge in [-0.05, 0) is 31.2 Å². The zero-order valence-electron chi connectivity index (χ0n) is 12.4. The van der Waals surface area contributed by atoms with Crippen LogP contribution in [0.5, 0.6) is 11.5 Å². The van der Waals surface area contributed by atoms with Crippen molar-refractivity contribution in [2.75, 3.05) is 6.61 Å². The molecule has 0 bridgehead atoms. The van der Waals surface area contributed by atoms with Crippen molar-refractivity contribution in [3.8, 4) is 11.5 Å². The van der Waals surface area contributed by atoms with E-state index in [4.69, 9.17) is 9.47 Å². The number of hydrogen-bond donors (Lipinski definition) is 0. The van der Waals surface area contributed by atoms with E-state index < -0.39 is 5.97 Å². The summed E-state index contributed by atoms with van der Waals surface area (Å²) in [5, 5.41) is 0. The molecule has 0 aliphatic rings. The van der Waals surface area contributed by atoms with E-state index in [0.717, 1.165) is 11.0 Å². The standard InChI is InChI=1S/C17H16N2O3/c1-3-21-16-7-5-4-6-13(16)17(20)22-12-8-9-15-14(10-12)18-11-19(15)2/h4-11H,3H2,1-2H3. The number of aryl methyl sites for hydroxylation is 1. The molecule has 0 N–H and O–H groups in total. The number of nitrogens with zero attached hydrogens (tertiary/aromatic N) is 2. The maximum absolute atomic E-state index is 12.3. The summed E-state index contributed by atoms with van der Waals surface area (Å²) in [6.07, 6.45) is 1.72. The Morgan fingerprint density at radius 2 is 2.05 bits per heavy atom. The molecule has 5 nitrogen and oxygen atoms in total. The van der Waals surface area contributed by atoms with Gasteiger partial charge in [-0.3, -0.25) is 0 Å². The smallest absolute Gasteiger partial charge is 0.347 e. The molecule has 0 aliphatic heterocycles. The second-order valence-electron chi connectivity index (χ2n) is 4.82. The minimum Gasteiger partial charge on any atom is -0.493 e. The number of aromatic nitrogens is 2. The lowest BCUT2D eigenvalue weighted by Gasteiger charge is -2.09. The second kappa shape index (κ2) is 5.89. The van der Waals surface area contributed by atoms with Crippen LogP contribution in [0.25, 0.3) is 11.0 Å². The highest BCUT2D eigenvalue weighted by molar-refractivity contribution is 5.94. The summed E-state index contributed by atoms with van der Waals surface area (Å²) in [4.78, 5) is 16.6. The van der Waals surface area contributed by atoms with E-state index in [1.807, 2.05) is 30.7 Å². The zero-order chi connectivity index (χ0) is 15.5. The topological polar surface area (TPSA) is 53.4 Å². The van der Waals surface area contributed by atoms with Crippen LogP contribution >= 0.6 is 0 Å². The molecule has 0 radical (unpaired) electrons. The number of imidazole rings is 1. The lowest BCUT2D eigenvalue weighted by molar-refractivity contribution is 0.0730. The second-order valence-corrected chi connectivity index (χ2v) is 4.82. The first-order valence-electron chi connectivity index (χ1n) is 7.04. The highest BCUT2D eigenvalue weighted by Gasteiger charge is 2.14. The lowest BCUT2D eigenvalue weighted by Crippen LogP contribution is -2.10. The van der Waals surface area contributed by atoms with Crippen LogP contribution in [0.1, 0.15) is 17.3 Å². The van der Waals surface area contributed by atoms with Gasteiger partial charge in [0.2, 0.25) is 0 Å². The molecule has 22 heavy (non-hydrogen) atoms. The lowest BCUT2D eigenvalue weighted by atomic mass is 10.2. The Morgan fingerprint density at radius 1 is 1.23 bits per heavy atom. The van der Waals surface area contributed by atoms with E-state index >= 15 is 0 Å². The van der Waals surface area contributed by atoms with Crippen molar-refractivity contribution in [2.45, 2.75) is 6.92 Å². The van der Waals surface area contributed by atoms with Gasteiger partial charge in [0.15, 0.2) is 0 Å². The number of fused-ring (bicyclic) bond motifs is 1. The molecule has 1 heterocycles. The highest BCUT2D eigenvalue weighted by atomic mass is 16.5. The average molecular weight is 296 g/mol. The molecule has 0 aliphatic carbocycles. The van der Waals surface area contributed by atoms with E-state index in [0.29, 0.717) is 23.7 Å². The van der Waals surface area contributed by atoms with Crippen LogP contribution in [-0.4, -0.2) is 22.1 Å². The molecule has 3 rings (SSSR count). The first kappa shape index (κ1) is 14.1. The first-order chi connectivity index (χ1) is 10.7. The minimum absolute atomic E-state index is 0.408. The van der Waals surface area contributed by atoms with Crippen molar-refractivity contribution in [3.63, 3.8) is 0 Å². The first-order valence-corrected chi connectivity index (χ1v) is 7.04. The summed E-state index contributed by atoms with van der Waals surface area (Å²) < 4.78 is 12.8. The molecule has 0 unspecified atom stereocenters. The molecule has 0 saturated carbocycles. The third-order valence-electron chi connectivity index (χ3n) is 3.31. The van der Waals surface area contributed by atoms with Gasteiger partial charge in [0.25, 0.3) is 0 Å². The number of para-hydroxylation sites is 1. The van der Waals surface area contributed by atoms with E-state index in [1.165, 1.54) is 0 Å². The SMILES string of the molecule is CCOc1ccccc1C(=O)Oc1ccc2c(c1)ncn2C. The number of rotatable bonds is 4. The molecule has 0 saturated heterocycles. The fraction of sp³-hybridized carbons (Fsp3) is 0.176. The van der Waals surface area contributed by atoms with Crippen LogP contribution in [0.4, 0.5) is 0 Å². The van der Waals surface area contributed by atoms with Crippen molar-refractivity contribution in [1.29, 1.82) is 0 Å². The average Bonchev–Trinajstić information content (AvgIpc) is 2.89. The normalized spacial score (nSPS) is 10.6. The fourth-order valence-corrected chi connectivity index (χ4v) is 2.26. The maximum Gasteiger partial charge on any atom is 0.347 e. The molecule has 1 aromatic heterocycles. The summed E-state index contributed by atoms with van der Waals surface area (Å²) in [5.74, 6) is 0.538. The van der Waals surface area contributed by atoms with Gasteiger partial charge in [0, 0.05) is 13.1 Å². The summed E-state index contributed by atoms with van der Waals surface area (Å²) in [6.45, 7) is 2.36. The molecule has 0 atom stereocenters. The number of carbonyl (C=O) groups excluding carboxylic acids is 1. The number of esters is 1. The van der Waals surface area contributed by atoms with Crippen LogP contribution in [0.15, 0.2) is 48.8 Å². The Balaban J connectivity index is 1.86. The van der Waals surface area contributed by atoms with E-state index in [9.17, 15) is 4.79 Å². The Hall–Kier alpha value is -2.82. The van der Waals surface area contributed by atoms with Crippen LogP contribution in [-0.2, 0) is 7.05 Å². The van der Waals surface area contributed by atoms with Crippen molar-refractivity contribution in [3.05, 3.63) is 54.4 Å². The minimum atomic E-state index is -0.445. The third kappa shape index (κ3) is 2.65. The van der Waals surface area contributed by atoms with Crippen molar-refractivity contribution in [2.24, 2.45) is 7.05 Å². The number of benzene rings is 2. The van der Waals surface area contributed by atoms with Crippen LogP contribution in [0.3, 0.4) is 0 Å². The van der Waals surface area contributed by atoms with Gasteiger partial charge in [-0.1, -0.05) is 12.1 Å². The van der Waals surface area contributed by atoms with Crippen molar-refractivity contribution in [1.82, 2.24) is 9.55 Å². The Bertz CT molecular complexity index is 824. The summed E-state index contributed by atoms with van der Waals surface area (Å²) in [5.41, 5.74) is 2.17. The zero-order valence-corrected chi connectivity index (χ0v) is 12.4. The van der Waals surface area contributed by atoms with Crippen molar-refractivity contribution >= 4 is 17.0 Å². The van der Waals surface area contributed by atoms with Gasteiger partial charge in [-0.15, -0.1) is 0 Å². The number of hydrogen-bond acceptors (Lipinski definition) is 4. The molecule has 0 fully saturated rings. The van der Waals surface area contributed by atoms with Gasteiger partial charge >= 0.3 is 5.97 Å². The van der Waals surface area contributed by atoms with Gasteiger partial charge in [-0.2, -0.15) is 0 Å². The number of carbonyl (C=O) groups is 1. The molecule has 5 heteroatoms. The molecule has 112 valence electrons. The molecular formula is C17H16N2O3. The summed E-state index contributed by atoms with van der Waals surface area (Å²) >= 11 is 0. The predicted octanol–water partition coefficient (Wildman–Crippen LogP) is 3.19. The quantitative estimate of drug-likeness (QED) is 0.548. The van der Waals surface area contributed by atoms with Crippen LogP contribution < -0.4 is 9.47 Å². The Kier molecular flexibility index (Phi) is 3.78. The van der Waals surface area contributed by atoms with E-state index in [-0.39, 0.29) is 0 Å². The molecule has 3 aromatic rings. The van der Waals surface area contributed by atoms with Crippen LogP contribution in [0, 0.1) is 0 Å². The Morgan fingerprint density at radius 3 is 2.86 bits per heavy atom. The third-order valence-corrected chi connectivity index (χ3v) is 3.31. The fourth-order valence-electron chi connectivity index (χ4n) is 2.26. The molecular weight excluding hydrogens is 280 g/mol. The maximum atomic E-state index is 12.3. The van der Waals surface area contributed by atoms with Gasteiger partial charge in [-0.25, -0.2) is 9.78 Å². The van der Waals surface area contributed by atoms with Gasteiger partial charge < -0.3 is 14.0 Å². The van der Waals surface area contributed by atoms with E-state index in [1.54, 1.807) is 36.7 Å². The molecule has 0 spiro atoms. The summed E-state index contributed by atoms with van der Waals surface area (Å²) in [6, 6.07) is 12.4. The monoisotopic (exact) mass is 296 g/mol. The largest absolute Gasteiger partial charge is 0.493 e. The van der Waals surface area contributed by atoms with Gasteiger partial charge in [0.1, 0.15) is 17.1 Å². The molecule has 0 amide bonds. The van der Waals surface area contributed by atoms with E-state index in [2.05, 4.69) is 4.98 Å². The number of ether oxygens (including phenoxy) is 2. The van der Waals surface area contributed by atoms with Crippen LogP contribution in [0.2, 0.25) is 0 Å². The van der Waals surface area contributed by atoms with Crippen molar-refractivity contribution < 1.29 is 14.3 Å². The summed E-state index contributed by atoms with van der Waals surface area (Å²) in [7, 11) is 1.92.